The number of fused-ring (bicyclic) bond motifs is 2. The van der Waals surface area contributed by atoms with Crippen molar-refractivity contribution in [3.05, 3.63) is 64.7 Å². The molecule has 8 heteroatoms. The molecule has 2 aromatic carbocycles. The largest absolute Gasteiger partial charge is 0.489 e. The molecule has 3 aliphatic carbocycles. The molecular formula is C22H18O8. The zero-order valence-electron chi connectivity index (χ0n) is 15.6. The predicted molar refractivity (Wildman–Crippen MR) is 102 cm³/mol. The van der Waals surface area contributed by atoms with Crippen LogP contribution < -0.4 is 4.74 Å². The standard InChI is InChI=1S/C22H18O8/c23-16-8-15-13-6-5-12(30-9-10-1-3-11(4-2-10)20(24)25)7-14(13)17(16)19(22(28)29)18(15)21(26)27/h1-7,15,17-19H,8-9H2,(H,24,25)(H,26,27)(H,28,29). The SMILES string of the molecule is O=C(O)c1ccc(COc2ccc3c(c2)C2C(=O)CC3C(C(=O)O)C2C(=O)O)cc1. The van der Waals surface area contributed by atoms with Crippen LogP contribution in [0.3, 0.4) is 0 Å². The van der Waals surface area contributed by atoms with Crippen LogP contribution in [0.5, 0.6) is 5.75 Å². The predicted octanol–water partition coefficient (Wildman–Crippen LogP) is 2.52. The van der Waals surface area contributed by atoms with E-state index in [-0.39, 0.29) is 24.4 Å². The molecule has 154 valence electrons. The summed E-state index contributed by atoms with van der Waals surface area (Å²) in [6.07, 6.45) is 0.0224. The fraction of sp³-hybridized carbons (Fsp3) is 0.273. The molecule has 3 aliphatic rings. The Hall–Kier alpha value is -3.68. The van der Waals surface area contributed by atoms with Crippen molar-refractivity contribution in [2.75, 3.05) is 0 Å². The van der Waals surface area contributed by atoms with Crippen molar-refractivity contribution < 1.29 is 39.2 Å². The van der Waals surface area contributed by atoms with Gasteiger partial charge in [-0.15, -0.1) is 0 Å². The molecule has 3 N–H and O–H groups in total. The van der Waals surface area contributed by atoms with E-state index in [2.05, 4.69) is 0 Å². The molecule has 4 atom stereocenters. The number of carbonyl (C=O) groups is 4. The van der Waals surface area contributed by atoms with E-state index in [9.17, 15) is 29.4 Å². The zero-order chi connectivity index (χ0) is 21.6. The van der Waals surface area contributed by atoms with Gasteiger partial charge in [0.2, 0.25) is 0 Å². The maximum absolute atomic E-state index is 12.5. The first-order valence-electron chi connectivity index (χ1n) is 9.35. The highest BCUT2D eigenvalue weighted by Gasteiger charge is 2.57. The van der Waals surface area contributed by atoms with Crippen LogP contribution in [0.15, 0.2) is 42.5 Å². The monoisotopic (exact) mass is 410 g/mol. The highest BCUT2D eigenvalue weighted by atomic mass is 16.5. The van der Waals surface area contributed by atoms with Gasteiger partial charge >= 0.3 is 17.9 Å². The number of rotatable bonds is 6. The lowest BCUT2D eigenvalue weighted by molar-refractivity contribution is -0.160. The van der Waals surface area contributed by atoms with Crippen LogP contribution in [0.25, 0.3) is 0 Å². The van der Waals surface area contributed by atoms with Crippen LogP contribution in [-0.4, -0.2) is 39.0 Å². The first kappa shape index (κ1) is 19.6. The second-order valence-electron chi connectivity index (χ2n) is 7.56. The first-order chi connectivity index (χ1) is 14.3. The maximum Gasteiger partial charge on any atom is 0.335 e. The summed E-state index contributed by atoms with van der Waals surface area (Å²) in [7, 11) is 0. The van der Waals surface area contributed by atoms with Crippen molar-refractivity contribution in [2.45, 2.75) is 24.9 Å². The summed E-state index contributed by atoms with van der Waals surface area (Å²) in [5.41, 5.74) is 2.10. The van der Waals surface area contributed by atoms with Gasteiger partial charge in [0, 0.05) is 12.3 Å². The van der Waals surface area contributed by atoms with Gasteiger partial charge in [0.1, 0.15) is 18.1 Å². The minimum Gasteiger partial charge on any atom is -0.489 e. The number of ether oxygens (including phenoxy) is 1. The second kappa shape index (κ2) is 7.29. The molecule has 0 amide bonds. The van der Waals surface area contributed by atoms with E-state index in [1.807, 2.05) is 0 Å². The average Bonchev–Trinajstić information content (AvgIpc) is 2.71. The Bertz CT molecular complexity index is 1060. The summed E-state index contributed by atoms with van der Waals surface area (Å²) in [4.78, 5) is 47.0. The number of carbonyl (C=O) groups excluding carboxylic acids is 1. The summed E-state index contributed by atoms with van der Waals surface area (Å²) in [6, 6.07) is 11.2. The Kier molecular flexibility index (Phi) is 4.77. The Labute approximate surface area is 170 Å². The minimum absolute atomic E-state index is 0.0224. The molecule has 8 nitrogen and oxygen atoms in total. The van der Waals surface area contributed by atoms with Crippen molar-refractivity contribution in [1.29, 1.82) is 0 Å². The van der Waals surface area contributed by atoms with Crippen LogP contribution in [0, 0.1) is 11.8 Å². The van der Waals surface area contributed by atoms with Crippen molar-refractivity contribution in [3.63, 3.8) is 0 Å². The van der Waals surface area contributed by atoms with E-state index >= 15 is 0 Å². The summed E-state index contributed by atoms with van der Waals surface area (Å²) in [5, 5.41) is 28.1. The summed E-state index contributed by atoms with van der Waals surface area (Å²) in [6.45, 7) is 0.154. The van der Waals surface area contributed by atoms with Crippen LogP contribution in [0.2, 0.25) is 0 Å². The number of Topliss-reactive ketones (excluding diaryl/α,β-unsaturated/α-hetero) is 1. The topological polar surface area (TPSA) is 138 Å². The van der Waals surface area contributed by atoms with Gasteiger partial charge in [0.25, 0.3) is 0 Å². The van der Waals surface area contributed by atoms with E-state index in [0.29, 0.717) is 16.9 Å². The Morgan fingerprint density at radius 3 is 2.17 bits per heavy atom. The van der Waals surface area contributed by atoms with Gasteiger partial charge in [0.15, 0.2) is 0 Å². The van der Waals surface area contributed by atoms with Crippen LogP contribution in [0.1, 0.15) is 45.3 Å². The zero-order valence-corrected chi connectivity index (χ0v) is 15.6. The van der Waals surface area contributed by atoms with E-state index in [0.717, 1.165) is 5.56 Å². The average molecular weight is 410 g/mol. The van der Waals surface area contributed by atoms with Crippen LogP contribution in [0.4, 0.5) is 0 Å². The molecule has 1 fully saturated rings. The second-order valence-corrected chi connectivity index (χ2v) is 7.56. The molecule has 0 aromatic heterocycles. The third-order valence-electron chi connectivity index (χ3n) is 5.92. The van der Waals surface area contributed by atoms with Crippen LogP contribution in [-0.2, 0) is 21.0 Å². The summed E-state index contributed by atoms with van der Waals surface area (Å²) in [5.74, 6) is -7.50. The Balaban J connectivity index is 1.61. The maximum atomic E-state index is 12.5. The third-order valence-corrected chi connectivity index (χ3v) is 5.92. The van der Waals surface area contributed by atoms with Gasteiger partial charge in [0.05, 0.1) is 23.3 Å². The summed E-state index contributed by atoms with van der Waals surface area (Å²) < 4.78 is 5.75. The number of benzene rings is 2. The van der Waals surface area contributed by atoms with E-state index in [4.69, 9.17) is 9.84 Å². The Morgan fingerprint density at radius 2 is 1.57 bits per heavy atom. The van der Waals surface area contributed by atoms with Gasteiger partial charge in [-0.3, -0.25) is 14.4 Å². The lowest BCUT2D eigenvalue weighted by atomic mass is 9.55. The van der Waals surface area contributed by atoms with Gasteiger partial charge in [-0.2, -0.15) is 0 Å². The number of hydrogen-bond donors (Lipinski definition) is 3. The Morgan fingerprint density at radius 1 is 0.900 bits per heavy atom. The van der Waals surface area contributed by atoms with E-state index in [1.54, 1.807) is 30.3 Å². The molecule has 0 aliphatic heterocycles. The highest BCUT2D eigenvalue weighted by Crippen LogP contribution is 2.54. The number of aromatic carboxylic acids is 1. The van der Waals surface area contributed by atoms with Crippen molar-refractivity contribution >= 4 is 23.7 Å². The molecule has 0 spiro atoms. The fourth-order valence-corrected chi connectivity index (χ4v) is 4.58. The molecule has 0 saturated heterocycles. The van der Waals surface area contributed by atoms with E-state index in [1.165, 1.54) is 12.1 Å². The van der Waals surface area contributed by atoms with Gasteiger partial charge in [-0.05, 0) is 41.0 Å². The highest BCUT2D eigenvalue weighted by molar-refractivity contribution is 5.98. The molecule has 2 bridgehead atoms. The lowest BCUT2D eigenvalue weighted by Gasteiger charge is -2.45. The molecule has 1 saturated carbocycles. The minimum atomic E-state index is -1.31. The van der Waals surface area contributed by atoms with Crippen molar-refractivity contribution in [2.24, 2.45) is 11.8 Å². The molecular weight excluding hydrogens is 392 g/mol. The van der Waals surface area contributed by atoms with Crippen LogP contribution >= 0.6 is 0 Å². The fourth-order valence-electron chi connectivity index (χ4n) is 4.58. The quantitative estimate of drug-likeness (QED) is 0.660. The molecule has 0 heterocycles. The van der Waals surface area contributed by atoms with Gasteiger partial charge < -0.3 is 20.1 Å². The number of aliphatic carboxylic acids is 2. The number of carboxylic acids is 3. The molecule has 5 rings (SSSR count). The number of carboxylic acid groups (broad SMARTS) is 3. The number of hydrogen-bond acceptors (Lipinski definition) is 5. The third kappa shape index (κ3) is 3.20. The van der Waals surface area contributed by atoms with E-state index < -0.39 is 41.6 Å². The van der Waals surface area contributed by atoms with Crippen molar-refractivity contribution in [3.8, 4) is 5.75 Å². The molecule has 2 aromatic rings. The molecule has 30 heavy (non-hydrogen) atoms. The van der Waals surface area contributed by atoms with Crippen molar-refractivity contribution in [1.82, 2.24) is 0 Å². The van der Waals surface area contributed by atoms with Gasteiger partial charge in [-0.1, -0.05) is 18.2 Å². The molecule has 0 radical (unpaired) electrons. The smallest absolute Gasteiger partial charge is 0.335 e. The lowest BCUT2D eigenvalue weighted by Crippen LogP contribution is -2.49. The van der Waals surface area contributed by atoms with Gasteiger partial charge in [-0.25, -0.2) is 4.79 Å². The first-order valence-corrected chi connectivity index (χ1v) is 9.35. The molecule has 4 unspecified atom stereocenters. The summed E-state index contributed by atoms with van der Waals surface area (Å²) >= 11 is 0. The normalized spacial score (nSPS) is 24.2. The number of ketones is 1.